The summed E-state index contributed by atoms with van der Waals surface area (Å²) in [4.78, 5) is 25.5. The fourth-order valence-corrected chi connectivity index (χ4v) is 5.10. The van der Waals surface area contributed by atoms with Crippen LogP contribution in [0.4, 0.5) is 0 Å². The number of carbonyl (C=O) groups is 1. The standard InChI is InChI=1S/C29H26N4O2/c1-28(2,3)23-14-18(6-8-22(23)26(34)35)20-15-31-27-32-16-25(33(27)17-20)29(10-11-29)21-7-9-24-19(13-21)5-4-12-30-24/h4-9,12-17H,10-11H2,1-3H3,(H,34,35). The molecule has 1 fully saturated rings. The van der Waals surface area contributed by atoms with Crippen molar-refractivity contribution in [3.8, 4) is 11.1 Å². The lowest BCUT2D eigenvalue weighted by Crippen LogP contribution is -2.17. The Bertz CT molecular complexity index is 1620. The lowest BCUT2D eigenvalue weighted by atomic mass is 9.82. The second-order valence-corrected chi connectivity index (χ2v) is 10.5. The van der Waals surface area contributed by atoms with Crippen LogP contribution in [0.25, 0.3) is 27.8 Å². The fraction of sp³-hybridized carbons (Fsp3) is 0.241. The molecular weight excluding hydrogens is 436 g/mol. The maximum atomic E-state index is 11.8. The molecule has 0 aliphatic heterocycles. The Morgan fingerprint density at radius 1 is 0.971 bits per heavy atom. The Kier molecular flexibility index (Phi) is 4.58. The number of aromatic carboxylic acids is 1. The Morgan fingerprint density at radius 2 is 1.77 bits per heavy atom. The number of nitrogens with zero attached hydrogens (tertiary/aromatic N) is 4. The number of fused-ring (bicyclic) bond motifs is 2. The van der Waals surface area contributed by atoms with E-state index in [2.05, 4.69) is 49.8 Å². The first-order valence-corrected chi connectivity index (χ1v) is 11.8. The van der Waals surface area contributed by atoms with Gasteiger partial charge in [0.15, 0.2) is 0 Å². The number of pyridine rings is 1. The third kappa shape index (κ3) is 3.48. The van der Waals surface area contributed by atoms with E-state index in [9.17, 15) is 9.90 Å². The molecule has 2 aromatic carbocycles. The Hall–Kier alpha value is -4.06. The second kappa shape index (κ2) is 7.47. The van der Waals surface area contributed by atoms with Crippen LogP contribution in [0.1, 0.15) is 60.8 Å². The molecule has 35 heavy (non-hydrogen) atoms. The van der Waals surface area contributed by atoms with Crippen LogP contribution < -0.4 is 0 Å². The molecule has 0 saturated heterocycles. The lowest BCUT2D eigenvalue weighted by molar-refractivity contribution is 0.0694. The first kappa shape index (κ1) is 21.5. The zero-order valence-electron chi connectivity index (χ0n) is 20.0. The molecule has 0 amide bonds. The van der Waals surface area contributed by atoms with Gasteiger partial charge in [0.25, 0.3) is 0 Å². The van der Waals surface area contributed by atoms with Crippen molar-refractivity contribution in [3.63, 3.8) is 0 Å². The molecule has 3 heterocycles. The number of carboxylic acid groups (broad SMARTS) is 1. The number of rotatable bonds is 4. The molecule has 0 bridgehead atoms. The van der Waals surface area contributed by atoms with Crippen molar-refractivity contribution in [1.82, 2.24) is 19.4 Å². The molecule has 1 N–H and O–H groups in total. The molecule has 0 spiro atoms. The van der Waals surface area contributed by atoms with Gasteiger partial charge in [-0.3, -0.25) is 9.38 Å². The summed E-state index contributed by atoms with van der Waals surface area (Å²) in [6.07, 6.45) is 9.77. The first-order valence-electron chi connectivity index (χ1n) is 11.8. The van der Waals surface area contributed by atoms with E-state index < -0.39 is 5.97 Å². The number of benzene rings is 2. The molecule has 1 aliphatic rings. The average molecular weight is 463 g/mol. The molecule has 174 valence electrons. The summed E-state index contributed by atoms with van der Waals surface area (Å²) in [5, 5.41) is 10.8. The molecule has 0 atom stereocenters. The van der Waals surface area contributed by atoms with Gasteiger partial charge in [0, 0.05) is 35.0 Å². The van der Waals surface area contributed by atoms with E-state index in [4.69, 9.17) is 0 Å². The number of aromatic nitrogens is 4. The second-order valence-electron chi connectivity index (χ2n) is 10.5. The topological polar surface area (TPSA) is 80.4 Å². The van der Waals surface area contributed by atoms with Gasteiger partial charge in [-0.05, 0) is 65.3 Å². The van der Waals surface area contributed by atoms with Gasteiger partial charge in [-0.2, -0.15) is 0 Å². The minimum Gasteiger partial charge on any atom is -0.478 e. The van der Waals surface area contributed by atoms with Crippen LogP contribution in [0.3, 0.4) is 0 Å². The van der Waals surface area contributed by atoms with E-state index in [1.54, 1.807) is 6.07 Å². The lowest BCUT2D eigenvalue weighted by Gasteiger charge is -2.22. The van der Waals surface area contributed by atoms with Gasteiger partial charge >= 0.3 is 5.97 Å². The van der Waals surface area contributed by atoms with Crippen molar-refractivity contribution in [2.75, 3.05) is 0 Å². The SMILES string of the molecule is CC(C)(C)c1cc(-c2cnc3ncc(C4(c5ccc6ncccc6c5)CC4)n3c2)ccc1C(=O)O. The average Bonchev–Trinajstić information content (AvgIpc) is 3.55. The summed E-state index contributed by atoms with van der Waals surface area (Å²) in [6, 6.07) is 16.1. The van der Waals surface area contributed by atoms with Gasteiger partial charge in [-0.25, -0.2) is 14.8 Å². The van der Waals surface area contributed by atoms with Gasteiger partial charge in [0.2, 0.25) is 5.78 Å². The molecule has 1 aliphatic carbocycles. The van der Waals surface area contributed by atoms with E-state index in [0.717, 1.165) is 46.1 Å². The Labute approximate surface area is 203 Å². The zero-order valence-corrected chi connectivity index (χ0v) is 20.0. The largest absolute Gasteiger partial charge is 0.478 e. The molecule has 1 saturated carbocycles. The number of carboxylic acids is 1. The maximum Gasteiger partial charge on any atom is 0.335 e. The number of hydrogen-bond donors (Lipinski definition) is 1. The van der Waals surface area contributed by atoms with Crippen molar-refractivity contribution in [2.24, 2.45) is 0 Å². The van der Waals surface area contributed by atoms with Gasteiger partial charge in [0.1, 0.15) is 0 Å². The van der Waals surface area contributed by atoms with Crippen LogP contribution in [-0.2, 0) is 10.8 Å². The summed E-state index contributed by atoms with van der Waals surface area (Å²) >= 11 is 0. The van der Waals surface area contributed by atoms with Crippen molar-refractivity contribution >= 4 is 22.6 Å². The van der Waals surface area contributed by atoms with E-state index in [0.29, 0.717) is 11.3 Å². The zero-order chi connectivity index (χ0) is 24.4. The molecule has 0 radical (unpaired) electrons. The highest BCUT2D eigenvalue weighted by Gasteiger charge is 2.48. The minimum absolute atomic E-state index is 0.0898. The molecule has 6 nitrogen and oxygen atoms in total. The summed E-state index contributed by atoms with van der Waals surface area (Å²) in [5.41, 5.74) is 6.01. The van der Waals surface area contributed by atoms with E-state index >= 15 is 0 Å². The van der Waals surface area contributed by atoms with Gasteiger partial charge in [-0.1, -0.05) is 39.0 Å². The van der Waals surface area contributed by atoms with Gasteiger partial charge < -0.3 is 5.11 Å². The van der Waals surface area contributed by atoms with E-state index in [1.165, 1.54) is 5.56 Å². The van der Waals surface area contributed by atoms with Crippen LogP contribution in [0.15, 0.2) is 73.3 Å². The van der Waals surface area contributed by atoms with Crippen LogP contribution in [-0.4, -0.2) is 30.4 Å². The maximum absolute atomic E-state index is 11.8. The first-order chi connectivity index (χ1) is 16.8. The molecular formula is C29H26N4O2. The highest BCUT2D eigenvalue weighted by Crippen LogP contribution is 2.53. The predicted octanol–water partition coefficient (Wildman–Crippen LogP) is 6.02. The molecule has 0 unspecified atom stereocenters. The number of hydrogen-bond acceptors (Lipinski definition) is 4. The molecule has 5 aromatic rings. The highest BCUT2D eigenvalue weighted by molar-refractivity contribution is 5.91. The molecule has 6 heteroatoms. The van der Waals surface area contributed by atoms with Crippen molar-refractivity contribution in [3.05, 3.63) is 95.7 Å². The van der Waals surface area contributed by atoms with Crippen LogP contribution in [0, 0.1) is 0 Å². The summed E-state index contributed by atoms with van der Waals surface area (Å²) in [5.74, 6) is -0.246. The summed E-state index contributed by atoms with van der Waals surface area (Å²) in [6.45, 7) is 6.09. The third-order valence-electron chi connectivity index (χ3n) is 7.15. The van der Waals surface area contributed by atoms with Crippen molar-refractivity contribution < 1.29 is 9.90 Å². The minimum atomic E-state index is -0.909. The summed E-state index contributed by atoms with van der Waals surface area (Å²) < 4.78 is 2.09. The van der Waals surface area contributed by atoms with Crippen LogP contribution in [0.5, 0.6) is 0 Å². The highest BCUT2D eigenvalue weighted by atomic mass is 16.4. The molecule has 3 aromatic heterocycles. The normalized spacial score (nSPS) is 14.9. The van der Waals surface area contributed by atoms with Crippen LogP contribution in [0.2, 0.25) is 0 Å². The van der Waals surface area contributed by atoms with Gasteiger partial charge in [-0.15, -0.1) is 0 Å². The van der Waals surface area contributed by atoms with Gasteiger partial charge in [0.05, 0.1) is 23.0 Å². The quantitative estimate of drug-likeness (QED) is 0.353. The van der Waals surface area contributed by atoms with Crippen LogP contribution >= 0.6 is 0 Å². The van der Waals surface area contributed by atoms with E-state index in [-0.39, 0.29) is 10.8 Å². The van der Waals surface area contributed by atoms with Crippen molar-refractivity contribution in [1.29, 1.82) is 0 Å². The summed E-state index contributed by atoms with van der Waals surface area (Å²) in [7, 11) is 0. The van der Waals surface area contributed by atoms with Crippen molar-refractivity contribution in [2.45, 2.75) is 44.4 Å². The Morgan fingerprint density at radius 3 is 2.51 bits per heavy atom. The fourth-order valence-electron chi connectivity index (χ4n) is 5.10. The monoisotopic (exact) mass is 462 g/mol. The smallest absolute Gasteiger partial charge is 0.335 e. The number of imidazole rings is 1. The Balaban J connectivity index is 1.47. The predicted molar refractivity (Wildman–Crippen MR) is 136 cm³/mol. The third-order valence-corrected chi connectivity index (χ3v) is 7.15. The molecule has 6 rings (SSSR count). The van der Waals surface area contributed by atoms with E-state index in [1.807, 2.05) is 57.6 Å².